The number of urea groups is 1. The number of nitrogens with zero attached hydrogens (tertiary/aromatic N) is 1. The van der Waals surface area contributed by atoms with Crippen molar-refractivity contribution in [3.05, 3.63) is 29.8 Å². The number of rotatable bonds is 4. The summed E-state index contributed by atoms with van der Waals surface area (Å²) in [6.45, 7) is -0.114. The molecule has 0 aliphatic rings. The molecule has 0 fully saturated rings. The first-order chi connectivity index (χ1) is 8.95. The monoisotopic (exact) mass is 265 g/mol. The van der Waals surface area contributed by atoms with Crippen molar-refractivity contribution in [2.45, 2.75) is 0 Å². The molecule has 0 aliphatic carbocycles. The van der Waals surface area contributed by atoms with E-state index in [0.29, 0.717) is 0 Å². The maximum absolute atomic E-state index is 11.8. The van der Waals surface area contributed by atoms with E-state index in [9.17, 15) is 14.4 Å². The Hall–Kier alpha value is -2.57. The summed E-state index contributed by atoms with van der Waals surface area (Å²) in [5.41, 5.74) is 0.174. The minimum absolute atomic E-state index is 0.0100. The molecule has 0 heterocycles. The second-order valence-corrected chi connectivity index (χ2v) is 3.81. The van der Waals surface area contributed by atoms with E-state index in [2.05, 4.69) is 10.6 Å². The van der Waals surface area contributed by atoms with Gasteiger partial charge in [0.25, 0.3) is 0 Å². The number of amides is 3. The summed E-state index contributed by atoms with van der Waals surface area (Å²) < 4.78 is 0. The molecule has 102 valence electrons. The maximum Gasteiger partial charge on any atom is 0.337 e. The fourth-order valence-electron chi connectivity index (χ4n) is 1.36. The van der Waals surface area contributed by atoms with Crippen LogP contribution in [0.1, 0.15) is 10.4 Å². The van der Waals surface area contributed by atoms with Gasteiger partial charge in [0.1, 0.15) is 6.54 Å². The average molecular weight is 265 g/mol. The van der Waals surface area contributed by atoms with Gasteiger partial charge in [-0.1, -0.05) is 12.1 Å². The number of hydrogen-bond donors (Lipinski definition) is 3. The number of para-hydroxylation sites is 1. The number of carboxylic acid groups (broad SMARTS) is 1. The van der Waals surface area contributed by atoms with Crippen LogP contribution in [0, 0.1) is 0 Å². The van der Waals surface area contributed by atoms with E-state index >= 15 is 0 Å². The molecular weight excluding hydrogens is 250 g/mol. The number of aromatic carboxylic acids is 1. The van der Waals surface area contributed by atoms with Gasteiger partial charge in [0, 0.05) is 14.1 Å². The molecule has 1 aromatic rings. The highest BCUT2D eigenvalue weighted by atomic mass is 16.4. The summed E-state index contributed by atoms with van der Waals surface area (Å²) in [7, 11) is 2.90. The third kappa shape index (κ3) is 3.98. The molecule has 1 rings (SSSR count). The molecule has 3 amide bonds. The van der Waals surface area contributed by atoms with E-state index < -0.39 is 12.0 Å². The first-order valence-corrected chi connectivity index (χ1v) is 5.50. The van der Waals surface area contributed by atoms with E-state index in [1.807, 2.05) is 0 Å². The van der Waals surface area contributed by atoms with Crippen molar-refractivity contribution in [3.63, 3.8) is 0 Å². The number of carbonyl (C=O) groups is 3. The molecule has 0 spiro atoms. The van der Waals surface area contributed by atoms with Crippen molar-refractivity contribution >= 4 is 23.6 Å². The second-order valence-electron chi connectivity index (χ2n) is 3.81. The molecule has 3 N–H and O–H groups in total. The number of carbonyl (C=O) groups excluding carboxylic acids is 2. The van der Waals surface area contributed by atoms with Gasteiger partial charge < -0.3 is 20.6 Å². The van der Waals surface area contributed by atoms with Crippen LogP contribution in [0.3, 0.4) is 0 Å². The van der Waals surface area contributed by atoms with Crippen molar-refractivity contribution in [1.82, 2.24) is 10.2 Å². The first-order valence-electron chi connectivity index (χ1n) is 5.50. The molecule has 0 aromatic heterocycles. The SMILES string of the molecule is CNC(=O)CN(C)C(=O)Nc1ccccc1C(=O)O. The molecule has 1 aromatic carbocycles. The van der Waals surface area contributed by atoms with Crippen LogP contribution in [-0.4, -0.2) is 48.6 Å². The van der Waals surface area contributed by atoms with Crippen molar-refractivity contribution in [1.29, 1.82) is 0 Å². The molecular formula is C12H15N3O4. The van der Waals surface area contributed by atoms with Crippen LogP contribution in [0.4, 0.5) is 10.5 Å². The third-order valence-electron chi connectivity index (χ3n) is 2.41. The fraction of sp³-hybridized carbons (Fsp3) is 0.250. The lowest BCUT2D eigenvalue weighted by atomic mass is 10.2. The Morgan fingerprint density at radius 3 is 2.47 bits per heavy atom. The van der Waals surface area contributed by atoms with Gasteiger partial charge in [0.15, 0.2) is 0 Å². The molecule has 7 heteroatoms. The van der Waals surface area contributed by atoms with E-state index in [1.165, 1.54) is 26.2 Å². The number of benzene rings is 1. The molecule has 0 aliphatic heterocycles. The van der Waals surface area contributed by atoms with Gasteiger partial charge in [0.2, 0.25) is 5.91 Å². The van der Waals surface area contributed by atoms with Gasteiger partial charge in [-0.25, -0.2) is 9.59 Å². The molecule has 0 unspecified atom stereocenters. The predicted octanol–water partition coefficient (Wildman–Crippen LogP) is 0.595. The Morgan fingerprint density at radius 1 is 1.26 bits per heavy atom. The molecule has 19 heavy (non-hydrogen) atoms. The predicted molar refractivity (Wildman–Crippen MR) is 69.1 cm³/mol. The van der Waals surface area contributed by atoms with Crippen molar-refractivity contribution in [3.8, 4) is 0 Å². The van der Waals surface area contributed by atoms with E-state index in [1.54, 1.807) is 12.1 Å². The van der Waals surface area contributed by atoms with Crippen LogP contribution >= 0.6 is 0 Å². The third-order valence-corrected chi connectivity index (χ3v) is 2.41. The Balaban J connectivity index is 2.77. The topological polar surface area (TPSA) is 98.7 Å². The van der Waals surface area contributed by atoms with Crippen LogP contribution in [0.25, 0.3) is 0 Å². The second kappa shape index (κ2) is 6.39. The molecule has 0 radical (unpaired) electrons. The molecule has 0 bridgehead atoms. The van der Waals surface area contributed by atoms with Gasteiger partial charge in [-0.3, -0.25) is 4.79 Å². The lowest BCUT2D eigenvalue weighted by Crippen LogP contribution is -2.39. The molecule has 7 nitrogen and oxygen atoms in total. The van der Waals surface area contributed by atoms with Gasteiger partial charge >= 0.3 is 12.0 Å². The van der Waals surface area contributed by atoms with Gasteiger partial charge in [0.05, 0.1) is 11.3 Å². The highest BCUT2D eigenvalue weighted by Crippen LogP contribution is 2.15. The largest absolute Gasteiger partial charge is 0.478 e. The van der Waals surface area contributed by atoms with Crippen LogP contribution in [0.15, 0.2) is 24.3 Å². The van der Waals surface area contributed by atoms with Gasteiger partial charge in [-0.05, 0) is 12.1 Å². The number of nitrogens with one attached hydrogen (secondary N) is 2. The lowest BCUT2D eigenvalue weighted by molar-refractivity contribution is -0.120. The van der Waals surface area contributed by atoms with Crippen molar-refractivity contribution < 1.29 is 19.5 Å². The zero-order chi connectivity index (χ0) is 14.4. The fourth-order valence-corrected chi connectivity index (χ4v) is 1.36. The van der Waals surface area contributed by atoms with Crippen LogP contribution in [-0.2, 0) is 4.79 Å². The Labute approximate surface area is 110 Å². The quantitative estimate of drug-likeness (QED) is 0.742. The van der Waals surface area contributed by atoms with Crippen molar-refractivity contribution in [2.75, 3.05) is 26.0 Å². The van der Waals surface area contributed by atoms with Crippen LogP contribution in [0.2, 0.25) is 0 Å². The minimum atomic E-state index is -1.13. The number of anilines is 1. The smallest absolute Gasteiger partial charge is 0.337 e. The highest BCUT2D eigenvalue weighted by molar-refractivity contribution is 6.00. The summed E-state index contributed by atoms with van der Waals surface area (Å²) in [6.07, 6.45) is 0. The van der Waals surface area contributed by atoms with Crippen molar-refractivity contribution in [2.24, 2.45) is 0 Å². The zero-order valence-electron chi connectivity index (χ0n) is 10.6. The van der Waals surface area contributed by atoms with E-state index in [4.69, 9.17) is 5.11 Å². The molecule has 0 saturated heterocycles. The van der Waals surface area contributed by atoms with Gasteiger partial charge in [-0.2, -0.15) is 0 Å². The summed E-state index contributed by atoms with van der Waals surface area (Å²) in [5.74, 6) is -1.45. The normalized spacial score (nSPS) is 9.58. The number of hydrogen-bond acceptors (Lipinski definition) is 3. The highest BCUT2D eigenvalue weighted by Gasteiger charge is 2.15. The lowest BCUT2D eigenvalue weighted by Gasteiger charge is -2.17. The zero-order valence-corrected chi connectivity index (χ0v) is 10.6. The molecule has 0 saturated carbocycles. The standard InChI is InChI=1S/C12H15N3O4/c1-13-10(16)7-15(2)12(19)14-9-6-4-3-5-8(9)11(17)18/h3-6H,7H2,1-2H3,(H,13,16)(H,14,19)(H,17,18). The Kier molecular flexibility index (Phi) is 4.87. The van der Waals surface area contributed by atoms with E-state index in [-0.39, 0.29) is 23.7 Å². The van der Waals surface area contributed by atoms with Crippen LogP contribution in [0.5, 0.6) is 0 Å². The number of likely N-dealkylation sites (N-methyl/N-ethyl adjacent to an activating group) is 2. The van der Waals surface area contributed by atoms with E-state index in [0.717, 1.165) is 4.90 Å². The number of carboxylic acids is 1. The Morgan fingerprint density at radius 2 is 1.89 bits per heavy atom. The van der Waals surface area contributed by atoms with Crippen LogP contribution < -0.4 is 10.6 Å². The summed E-state index contributed by atoms with van der Waals surface area (Å²) in [6, 6.07) is 5.48. The first kappa shape index (κ1) is 14.5. The van der Waals surface area contributed by atoms with Gasteiger partial charge in [-0.15, -0.1) is 0 Å². The summed E-state index contributed by atoms with van der Waals surface area (Å²) in [5, 5.41) is 13.8. The average Bonchev–Trinajstić information content (AvgIpc) is 2.38. The summed E-state index contributed by atoms with van der Waals surface area (Å²) in [4.78, 5) is 35.0. The Bertz CT molecular complexity index is 502. The summed E-state index contributed by atoms with van der Waals surface area (Å²) >= 11 is 0. The molecule has 0 atom stereocenters. The maximum atomic E-state index is 11.8. The minimum Gasteiger partial charge on any atom is -0.478 e.